The van der Waals surface area contributed by atoms with E-state index in [1.807, 2.05) is 24.3 Å². The van der Waals surface area contributed by atoms with Crippen LogP contribution in [0.15, 0.2) is 68.4 Å². The molecule has 4 aromatic rings. The molecule has 0 radical (unpaired) electrons. The zero-order valence-corrected chi connectivity index (χ0v) is 17.9. The van der Waals surface area contributed by atoms with Gasteiger partial charge in [-0.05, 0) is 42.5 Å². The van der Waals surface area contributed by atoms with Gasteiger partial charge in [-0.15, -0.1) is 11.3 Å². The van der Waals surface area contributed by atoms with Crippen LogP contribution in [0.3, 0.4) is 0 Å². The fourth-order valence-corrected chi connectivity index (χ4v) is 5.30. The molecule has 0 spiro atoms. The summed E-state index contributed by atoms with van der Waals surface area (Å²) in [6, 6.07) is 16.2. The van der Waals surface area contributed by atoms with E-state index in [4.69, 9.17) is 9.15 Å². The van der Waals surface area contributed by atoms with Crippen LogP contribution in [-0.4, -0.2) is 20.5 Å². The Morgan fingerprint density at radius 3 is 2.79 bits per heavy atom. The van der Waals surface area contributed by atoms with Gasteiger partial charge in [-0.2, -0.15) is 0 Å². The molecule has 2 aromatic carbocycles. The van der Waals surface area contributed by atoms with Gasteiger partial charge in [-0.3, -0.25) is 0 Å². The molecule has 0 unspecified atom stereocenters. The summed E-state index contributed by atoms with van der Waals surface area (Å²) in [6.07, 6.45) is 0. The van der Waals surface area contributed by atoms with E-state index in [0.717, 1.165) is 15.2 Å². The molecule has 2 heterocycles. The minimum Gasteiger partial charge on any atom is -0.495 e. The Bertz CT molecular complexity index is 1210. The molecule has 0 aliphatic carbocycles. The van der Waals surface area contributed by atoms with Crippen molar-refractivity contribution >= 4 is 47.5 Å². The van der Waals surface area contributed by atoms with Crippen molar-refractivity contribution in [2.45, 2.75) is 11.4 Å². The number of hydrogen-bond acceptors (Lipinski definition) is 6. The van der Waals surface area contributed by atoms with Gasteiger partial charge in [0.05, 0.1) is 23.9 Å². The monoisotopic (exact) mass is 478 g/mol. The number of ether oxygens (including phenoxy) is 1. The van der Waals surface area contributed by atoms with Gasteiger partial charge in [0.15, 0.2) is 10.8 Å². The first-order valence-electron chi connectivity index (χ1n) is 8.24. The van der Waals surface area contributed by atoms with Crippen molar-refractivity contribution in [2.24, 2.45) is 0 Å². The molecule has 28 heavy (non-hydrogen) atoms. The highest BCUT2D eigenvalue weighted by Gasteiger charge is 2.20. The van der Waals surface area contributed by atoms with Crippen LogP contribution < -0.4 is 9.46 Å². The Hall–Kier alpha value is -2.20. The van der Waals surface area contributed by atoms with Gasteiger partial charge >= 0.3 is 0 Å². The number of furan rings is 1. The lowest BCUT2D eigenvalue weighted by Crippen LogP contribution is -2.23. The van der Waals surface area contributed by atoms with E-state index in [-0.39, 0.29) is 17.2 Å². The van der Waals surface area contributed by atoms with Crippen molar-refractivity contribution in [2.75, 3.05) is 7.11 Å². The highest BCUT2D eigenvalue weighted by molar-refractivity contribution is 9.10. The maximum Gasteiger partial charge on any atom is 0.244 e. The molecule has 0 atom stereocenters. The van der Waals surface area contributed by atoms with Gasteiger partial charge in [0.1, 0.15) is 16.4 Å². The summed E-state index contributed by atoms with van der Waals surface area (Å²) in [5.41, 5.74) is 0.905. The summed E-state index contributed by atoms with van der Waals surface area (Å²) < 4.78 is 40.5. The molecule has 0 aliphatic rings. The number of sulfonamides is 1. The van der Waals surface area contributed by atoms with Gasteiger partial charge in [-0.1, -0.05) is 28.1 Å². The molecule has 9 heteroatoms. The Morgan fingerprint density at radius 1 is 1.18 bits per heavy atom. The van der Waals surface area contributed by atoms with E-state index in [9.17, 15) is 8.42 Å². The van der Waals surface area contributed by atoms with Crippen LogP contribution in [0.4, 0.5) is 0 Å². The number of rotatable bonds is 6. The number of benzene rings is 2. The summed E-state index contributed by atoms with van der Waals surface area (Å²) in [5, 5.41) is 0.754. The first kappa shape index (κ1) is 19.1. The average Bonchev–Trinajstić information content (AvgIpc) is 3.33. The number of methoxy groups -OCH3 is 1. The number of hydrogen-bond donors (Lipinski definition) is 1. The number of para-hydroxylation sites is 1. The fraction of sp³-hybridized carbons (Fsp3) is 0.105. The van der Waals surface area contributed by atoms with Crippen LogP contribution in [0.1, 0.15) is 5.76 Å². The predicted octanol–water partition coefficient (Wildman–Crippen LogP) is 4.81. The van der Waals surface area contributed by atoms with Crippen LogP contribution in [0, 0.1) is 0 Å². The Kier molecular flexibility index (Phi) is 5.24. The van der Waals surface area contributed by atoms with E-state index >= 15 is 0 Å². The van der Waals surface area contributed by atoms with Gasteiger partial charge in [0.2, 0.25) is 10.0 Å². The van der Waals surface area contributed by atoms with E-state index < -0.39 is 10.0 Å². The lowest BCUT2D eigenvalue weighted by atomic mass is 10.3. The number of aromatic nitrogens is 1. The molecule has 0 bridgehead atoms. The molecule has 2 aromatic heterocycles. The highest BCUT2D eigenvalue weighted by Crippen LogP contribution is 2.31. The van der Waals surface area contributed by atoms with Gasteiger partial charge < -0.3 is 9.15 Å². The molecule has 0 amide bonds. The third-order valence-corrected chi connectivity index (χ3v) is 6.98. The van der Waals surface area contributed by atoms with Crippen molar-refractivity contribution in [1.29, 1.82) is 0 Å². The average molecular weight is 479 g/mol. The second kappa shape index (κ2) is 7.67. The van der Waals surface area contributed by atoms with Crippen molar-refractivity contribution < 1.29 is 17.6 Å². The summed E-state index contributed by atoms with van der Waals surface area (Å²) >= 11 is 4.81. The zero-order valence-electron chi connectivity index (χ0n) is 14.7. The molecular formula is C19H15BrN2O4S2. The zero-order chi connectivity index (χ0) is 19.7. The van der Waals surface area contributed by atoms with Crippen LogP contribution >= 0.6 is 27.3 Å². The van der Waals surface area contributed by atoms with E-state index in [0.29, 0.717) is 16.0 Å². The van der Waals surface area contributed by atoms with Crippen molar-refractivity contribution in [3.63, 3.8) is 0 Å². The summed E-state index contributed by atoms with van der Waals surface area (Å²) in [4.78, 5) is 4.61. The van der Waals surface area contributed by atoms with Gasteiger partial charge in [0, 0.05) is 4.47 Å². The smallest absolute Gasteiger partial charge is 0.244 e. The molecule has 0 fully saturated rings. The minimum absolute atomic E-state index is 0.0168. The van der Waals surface area contributed by atoms with Gasteiger partial charge in [-0.25, -0.2) is 18.1 Å². The largest absolute Gasteiger partial charge is 0.495 e. The Labute approximate surface area is 174 Å². The summed E-state index contributed by atoms with van der Waals surface area (Å²) in [5.74, 6) is 1.37. The van der Waals surface area contributed by atoms with Crippen molar-refractivity contribution in [3.8, 4) is 16.5 Å². The van der Waals surface area contributed by atoms with Crippen LogP contribution in [0.2, 0.25) is 0 Å². The lowest BCUT2D eigenvalue weighted by Gasteiger charge is -2.10. The number of nitrogens with zero attached hydrogens (tertiary/aromatic N) is 1. The normalized spacial score (nSPS) is 11.8. The minimum atomic E-state index is -3.78. The molecule has 1 N–H and O–H groups in total. The highest BCUT2D eigenvalue weighted by atomic mass is 79.9. The molecule has 0 saturated carbocycles. The number of fused-ring (bicyclic) bond motifs is 1. The SMILES string of the molecule is COc1ccc(Br)cc1S(=O)(=O)NCc1ccc(-c2nc3ccccc3s2)o1. The standard InChI is InChI=1S/C19H15BrN2O4S2/c1-25-15-8-6-12(20)10-18(15)28(23,24)21-11-13-7-9-16(26-13)19-22-14-4-2-3-5-17(14)27-19/h2-10,21H,11H2,1H3. The molecule has 6 nitrogen and oxygen atoms in total. The molecule has 144 valence electrons. The molecular weight excluding hydrogens is 464 g/mol. The first-order chi connectivity index (χ1) is 13.5. The molecule has 0 saturated heterocycles. The number of thiazole rings is 1. The summed E-state index contributed by atoms with van der Waals surface area (Å²) in [6.45, 7) is 0.0168. The molecule has 0 aliphatic heterocycles. The van der Waals surface area contributed by atoms with Crippen LogP contribution in [0.25, 0.3) is 21.0 Å². The van der Waals surface area contributed by atoms with Crippen LogP contribution in [0.5, 0.6) is 5.75 Å². The second-order valence-corrected chi connectivity index (χ2v) is 9.55. The third kappa shape index (κ3) is 3.83. The Morgan fingerprint density at radius 2 is 2.00 bits per heavy atom. The van der Waals surface area contributed by atoms with Gasteiger partial charge in [0.25, 0.3) is 0 Å². The fourth-order valence-electron chi connectivity index (χ4n) is 2.67. The number of halogens is 1. The van der Waals surface area contributed by atoms with E-state index in [1.165, 1.54) is 24.5 Å². The maximum absolute atomic E-state index is 12.7. The second-order valence-electron chi connectivity index (χ2n) is 5.87. The maximum atomic E-state index is 12.7. The number of nitrogens with one attached hydrogen (secondary N) is 1. The quantitative estimate of drug-likeness (QED) is 0.430. The van der Waals surface area contributed by atoms with E-state index in [2.05, 4.69) is 25.6 Å². The molecule has 4 rings (SSSR count). The topological polar surface area (TPSA) is 81.4 Å². The van der Waals surface area contributed by atoms with Crippen LogP contribution in [-0.2, 0) is 16.6 Å². The lowest BCUT2D eigenvalue weighted by molar-refractivity contribution is 0.402. The van der Waals surface area contributed by atoms with Crippen molar-refractivity contribution in [1.82, 2.24) is 9.71 Å². The van der Waals surface area contributed by atoms with E-state index in [1.54, 1.807) is 24.3 Å². The Balaban J connectivity index is 1.54. The third-order valence-electron chi connectivity index (χ3n) is 4.02. The predicted molar refractivity (Wildman–Crippen MR) is 112 cm³/mol. The summed E-state index contributed by atoms with van der Waals surface area (Å²) in [7, 11) is -2.35. The van der Waals surface area contributed by atoms with Crippen molar-refractivity contribution in [3.05, 3.63) is 64.8 Å². The first-order valence-corrected chi connectivity index (χ1v) is 11.3.